The second-order valence-corrected chi connectivity index (χ2v) is 6.17. The Morgan fingerprint density at radius 3 is 2.84 bits per heavy atom. The zero-order valence-electron chi connectivity index (χ0n) is 10.7. The van der Waals surface area contributed by atoms with Crippen LogP contribution in [0.1, 0.15) is 5.56 Å². The Morgan fingerprint density at radius 1 is 1.47 bits per heavy atom. The molecular weight excluding hydrogens is 270 g/mol. The Morgan fingerprint density at radius 2 is 2.21 bits per heavy atom. The largest absolute Gasteiger partial charge is 0.497 e. The summed E-state index contributed by atoms with van der Waals surface area (Å²) in [6.07, 6.45) is 1.40. The third-order valence-corrected chi connectivity index (χ3v) is 3.41. The average molecular weight is 285 g/mol. The van der Waals surface area contributed by atoms with Gasteiger partial charge in [-0.2, -0.15) is 0 Å². The Balaban J connectivity index is 2.12. The average Bonchev–Trinajstić information content (AvgIpc) is 2.35. The first-order chi connectivity index (χ1) is 8.89. The lowest BCUT2D eigenvalue weighted by Gasteiger charge is -2.24. The monoisotopic (exact) mass is 285 g/mol. The van der Waals surface area contributed by atoms with Crippen LogP contribution in [-0.4, -0.2) is 34.3 Å². The molecule has 1 aromatic rings. The van der Waals surface area contributed by atoms with Gasteiger partial charge < -0.3 is 9.47 Å². The number of benzene rings is 1. The highest BCUT2D eigenvalue weighted by Crippen LogP contribution is 2.31. The maximum atomic E-state index is 11.8. The summed E-state index contributed by atoms with van der Waals surface area (Å²) in [5, 5.41) is 0. The zero-order valence-corrected chi connectivity index (χ0v) is 11.5. The van der Waals surface area contributed by atoms with Gasteiger partial charge in [-0.15, -0.1) is 0 Å². The van der Waals surface area contributed by atoms with Crippen LogP contribution in [0.25, 0.3) is 0 Å². The number of rotatable bonds is 3. The van der Waals surface area contributed by atoms with Crippen molar-refractivity contribution in [2.24, 2.45) is 5.92 Å². The SMILES string of the molecule is COc1ccc2c(c1)OC[C@@H](C(=O)NS(C)(=O)=O)C2. The van der Waals surface area contributed by atoms with E-state index in [9.17, 15) is 13.2 Å². The number of hydrogen-bond donors (Lipinski definition) is 1. The summed E-state index contributed by atoms with van der Waals surface area (Å²) in [6.45, 7) is 0.154. The molecule has 0 saturated heterocycles. The lowest BCUT2D eigenvalue weighted by atomic mass is 9.96. The normalized spacial score (nSPS) is 18.1. The predicted molar refractivity (Wildman–Crippen MR) is 68.7 cm³/mol. The maximum absolute atomic E-state index is 11.8. The van der Waals surface area contributed by atoms with Crippen LogP contribution >= 0.6 is 0 Å². The van der Waals surface area contributed by atoms with E-state index in [0.29, 0.717) is 17.9 Å². The summed E-state index contributed by atoms with van der Waals surface area (Å²) >= 11 is 0. The second kappa shape index (κ2) is 5.08. The molecule has 0 saturated carbocycles. The Bertz CT molecular complexity index is 596. The van der Waals surface area contributed by atoms with E-state index in [1.165, 1.54) is 0 Å². The summed E-state index contributed by atoms with van der Waals surface area (Å²) in [7, 11) is -1.97. The van der Waals surface area contributed by atoms with Gasteiger partial charge in [0.25, 0.3) is 0 Å². The number of nitrogens with one attached hydrogen (secondary N) is 1. The van der Waals surface area contributed by atoms with E-state index in [4.69, 9.17) is 9.47 Å². The van der Waals surface area contributed by atoms with Crippen molar-refractivity contribution in [2.75, 3.05) is 20.0 Å². The number of carbonyl (C=O) groups is 1. The topological polar surface area (TPSA) is 81.7 Å². The molecule has 1 aliphatic rings. The molecule has 1 aromatic carbocycles. The van der Waals surface area contributed by atoms with Crippen LogP contribution < -0.4 is 14.2 Å². The molecule has 0 spiro atoms. The van der Waals surface area contributed by atoms with Crippen LogP contribution in [0.3, 0.4) is 0 Å². The van der Waals surface area contributed by atoms with E-state index in [0.717, 1.165) is 11.8 Å². The van der Waals surface area contributed by atoms with Gasteiger partial charge in [-0.3, -0.25) is 9.52 Å². The number of hydrogen-bond acceptors (Lipinski definition) is 5. The molecule has 6 nitrogen and oxygen atoms in total. The molecule has 0 aliphatic carbocycles. The minimum atomic E-state index is -3.54. The molecule has 1 aliphatic heterocycles. The Labute approximate surface area is 111 Å². The molecule has 0 aromatic heterocycles. The molecule has 1 amide bonds. The summed E-state index contributed by atoms with van der Waals surface area (Å²) in [5.41, 5.74) is 0.862. The molecule has 1 atom stereocenters. The lowest BCUT2D eigenvalue weighted by Crippen LogP contribution is -2.39. The molecule has 0 radical (unpaired) electrons. The van der Waals surface area contributed by atoms with Gasteiger partial charge in [0.05, 0.1) is 19.3 Å². The van der Waals surface area contributed by atoms with Gasteiger partial charge in [-0.05, 0) is 18.1 Å². The van der Waals surface area contributed by atoms with Crippen molar-refractivity contribution in [2.45, 2.75) is 6.42 Å². The molecule has 1 N–H and O–H groups in total. The van der Waals surface area contributed by atoms with Crippen molar-refractivity contribution in [3.63, 3.8) is 0 Å². The summed E-state index contributed by atoms with van der Waals surface area (Å²) in [5.74, 6) is 0.306. The van der Waals surface area contributed by atoms with Crippen molar-refractivity contribution in [1.29, 1.82) is 0 Å². The molecule has 0 fully saturated rings. The molecule has 1 heterocycles. The number of carbonyl (C=O) groups excluding carboxylic acids is 1. The fourth-order valence-corrected chi connectivity index (χ4v) is 2.45. The molecule has 2 rings (SSSR count). The minimum Gasteiger partial charge on any atom is -0.497 e. The number of amides is 1. The van der Waals surface area contributed by atoms with Gasteiger partial charge in [0, 0.05) is 6.07 Å². The van der Waals surface area contributed by atoms with Crippen LogP contribution in [0.5, 0.6) is 11.5 Å². The van der Waals surface area contributed by atoms with Gasteiger partial charge >= 0.3 is 0 Å². The van der Waals surface area contributed by atoms with Crippen molar-refractivity contribution >= 4 is 15.9 Å². The van der Waals surface area contributed by atoms with E-state index in [2.05, 4.69) is 0 Å². The first-order valence-corrected chi connectivity index (χ1v) is 7.59. The molecule has 0 unspecified atom stereocenters. The van der Waals surface area contributed by atoms with E-state index >= 15 is 0 Å². The lowest BCUT2D eigenvalue weighted by molar-refractivity contribution is -0.124. The molecule has 7 heteroatoms. The summed E-state index contributed by atoms with van der Waals surface area (Å²) in [4.78, 5) is 11.8. The predicted octanol–water partition coefficient (Wildman–Crippen LogP) is 0.322. The Hall–Kier alpha value is -1.76. The van der Waals surface area contributed by atoms with Crippen molar-refractivity contribution < 1.29 is 22.7 Å². The maximum Gasteiger partial charge on any atom is 0.240 e. The van der Waals surface area contributed by atoms with E-state index in [1.54, 1.807) is 19.2 Å². The number of ether oxygens (including phenoxy) is 2. The van der Waals surface area contributed by atoms with Crippen molar-refractivity contribution in [3.05, 3.63) is 23.8 Å². The first kappa shape index (κ1) is 13.7. The van der Waals surface area contributed by atoms with Gasteiger partial charge in [0.1, 0.15) is 18.1 Å². The van der Waals surface area contributed by atoms with Gasteiger partial charge in [0.2, 0.25) is 15.9 Å². The molecule has 0 bridgehead atoms. The summed E-state index contributed by atoms with van der Waals surface area (Å²) < 4.78 is 34.6. The number of sulfonamides is 1. The molecular formula is C12H15NO5S. The summed E-state index contributed by atoms with van der Waals surface area (Å²) in [6, 6.07) is 5.34. The van der Waals surface area contributed by atoms with E-state index in [-0.39, 0.29) is 6.61 Å². The van der Waals surface area contributed by atoms with Crippen molar-refractivity contribution in [1.82, 2.24) is 4.72 Å². The van der Waals surface area contributed by atoms with Crippen LogP contribution in [0.15, 0.2) is 18.2 Å². The third kappa shape index (κ3) is 3.37. The first-order valence-electron chi connectivity index (χ1n) is 5.70. The van der Waals surface area contributed by atoms with E-state index < -0.39 is 21.8 Å². The Kier molecular flexibility index (Phi) is 3.66. The fraction of sp³-hybridized carbons (Fsp3) is 0.417. The van der Waals surface area contributed by atoms with Gasteiger partial charge in [0.15, 0.2) is 0 Å². The van der Waals surface area contributed by atoms with Gasteiger partial charge in [-0.1, -0.05) is 6.07 Å². The van der Waals surface area contributed by atoms with Crippen LogP contribution in [0, 0.1) is 5.92 Å². The van der Waals surface area contributed by atoms with Crippen LogP contribution in [-0.2, 0) is 21.2 Å². The highest BCUT2D eigenvalue weighted by molar-refractivity contribution is 7.89. The highest BCUT2D eigenvalue weighted by Gasteiger charge is 2.27. The highest BCUT2D eigenvalue weighted by atomic mass is 32.2. The zero-order chi connectivity index (χ0) is 14.0. The van der Waals surface area contributed by atoms with Gasteiger partial charge in [-0.25, -0.2) is 8.42 Å². The van der Waals surface area contributed by atoms with Crippen molar-refractivity contribution in [3.8, 4) is 11.5 Å². The fourth-order valence-electron chi connectivity index (χ4n) is 1.91. The van der Waals surface area contributed by atoms with Crippen LogP contribution in [0.4, 0.5) is 0 Å². The third-order valence-electron chi connectivity index (χ3n) is 2.84. The standard InChI is InChI=1S/C12H15NO5S/c1-17-10-4-3-8-5-9(7-18-11(8)6-10)12(14)13-19(2,15)16/h3-4,6,9H,5,7H2,1-2H3,(H,13,14)/t9-/m0/s1. The molecule has 19 heavy (non-hydrogen) atoms. The molecule has 104 valence electrons. The second-order valence-electron chi connectivity index (χ2n) is 4.42. The quantitative estimate of drug-likeness (QED) is 0.865. The minimum absolute atomic E-state index is 0.154. The number of fused-ring (bicyclic) bond motifs is 1. The van der Waals surface area contributed by atoms with Crippen LogP contribution in [0.2, 0.25) is 0 Å². The number of methoxy groups -OCH3 is 1. The van der Waals surface area contributed by atoms with E-state index in [1.807, 2.05) is 10.8 Å². The smallest absolute Gasteiger partial charge is 0.240 e.